The molecule has 0 rings (SSSR count). The summed E-state index contributed by atoms with van der Waals surface area (Å²) in [4.78, 5) is 0. The zero-order valence-corrected chi connectivity index (χ0v) is 18.4. The van der Waals surface area contributed by atoms with Crippen LogP contribution in [-0.4, -0.2) is 19.1 Å². The molecular formula is C24H50N2. The van der Waals surface area contributed by atoms with E-state index < -0.39 is 0 Å². The van der Waals surface area contributed by atoms with Crippen LogP contribution in [0.3, 0.4) is 0 Å². The van der Waals surface area contributed by atoms with Crippen LogP contribution in [0.4, 0.5) is 0 Å². The molecule has 0 aliphatic rings. The van der Waals surface area contributed by atoms with Crippen molar-refractivity contribution < 1.29 is 0 Å². The lowest BCUT2D eigenvalue weighted by molar-refractivity contribution is 0.417. The lowest BCUT2D eigenvalue weighted by Crippen LogP contribution is -2.37. The molecule has 0 aromatic heterocycles. The number of hydrogen-bond acceptors (Lipinski definition) is 2. The first-order valence-electron chi connectivity index (χ1n) is 11.8. The Morgan fingerprint density at radius 3 is 1.73 bits per heavy atom. The van der Waals surface area contributed by atoms with Crippen LogP contribution in [0.1, 0.15) is 117 Å². The highest BCUT2D eigenvalue weighted by atomic mass is 14.9. The summed E-state index contributed by atoms with van der Waals surface area (Å²) in [7, 11) is 0. The van der Waals surface area contributed by atoms with Crippen LogP contribution < -0.4 is 11.1 Å². The van der Waals surface area contributed by atoms with Gasteiger partial charge in [-0.3, -0.25) is 0 Å². The van der Waals surface area contributed by atoms with Gasteiger partial charge in [0.2, 0.25) is 0 Å². The minimum absolute atomic E-state index is 0.512. The maximum atomic E-state index is 5.82. The van der Waals surface area contributed by atoms with Crippen molar-refractivity contribution in [3.05, 3.63) is 12.2 Å². The second-order valence-corrected chi connectivity index (χ2v) is 8.45. The summed E-state index contributed by atoms with van der Waals surface area (Å²) in [5.41, 5.74) is 5.82. The predicted molar refractivity (Wildman–Crippen MR) is 120 cm³/mol. The topological polar surface area (TPSA) is 38.0 Å². The first-order valence-corrected chi connectivity index (χ1v) is 11.8. The fourth-order valence-corrected chi connectivity index (χ4v) is 3.51. The van der Waals surface area contributed by atoms with Gasteiger partial charge in [-0.1, -0.05) is 90.7 Å². The van der Waals surface area contributed by atoms with Gasteiger partial charge in [0.05, 0.1) is 0 Å². The smallest absolute Gasteiger partial charge is 0.0192 e. The van der Waals surface area contributed by atoms with E-state index in [2.05, 4.69) is 38.2 Å². The SMILES string of the molecule is CCCCCCCC/C=C\CCCCCCCCN[C@H](CN)CC(C)C. The number of hydrogen-bond donors (Lipinski definition) is 2. The Hall–Kier alpha value is -0.340. The fourth-order valence-electron chi connectivity index (χ4n) is 3.51. The molecule has 0 bridgehead atoms. The lowest BCUT2D eigenvalue weighted by atomic mass is 10.0. The lowest BCUT2D eigenvalue weighted by Gasteiger charge is -2.18. The van der Waals surface area contributed by atoms with Gasteiger partial charge in [-0.15, -0.1) is 0 Å². The highest BCUT2D eigenvalue weighted by Crippen LogP contribution is 2.10. The van der Waals surface area contributed by atoms with Crippen molar-refractivity contribution in [3.8, 4) is 0 Å². The summed E-state index contributed by atoms with van der Waals surface area (Å²) in [6.07, 6.45) is 25.3. The van der Waals surface area contributed by atoms with Crippen molar-refractivity contribution in [2.45, 2.75) is 123 Å². The standard InChI is InChI=1S/C24H50N2/c1-4-5-6-7-8-9-10-11-12-13-14-15-16-17-18-19-20-26-24(22-25)21-23(2)3/h11-12,23-24,26H,4-10,13-22,25H2,1-3H3/b12-11-/t24-/m0/s1. The Balaban J connectivity index is 3.22. The molecule has 0 amide bonds. The van der Waals surface area contributed by atoms with Gasteiger partial charge in [0, 0.05) is 12.6 Å². The third-order valence-electron chi connectivity index (χ3n) is 5.16. The summed E-state index contributed by atoms with van der Waals surface area (Å²) in [5.74, 6) is 0.732. The second-order valence-electron chi connectivity index (χ2n) is 8.45. The van der Waals surface area contributed by atoms with Crippen molar-refractivity contribution >= 4 is 0 Å². The largest absolute Gasteiger partial charge is 0.329 e. The van der Waals surface area contributed by atoms with Gasteiger partial charge in [-0.25, -0.2) is 0 Å². The summed E-state index contributed by atoms with van der Waals surface area (Å²) in [6.45, 7) is 8.73. The molecule has 0 aliphatic heterocycles. The molecule has 0 fully saturated rings. The van der Waals surface area contributed by atoms with E-state index in [9.17, 15) is 0 Å². The monoisotopic (exact) mass is 366 g/mol. The first kappa shape index (κ1) is 25.7. The van der Waals surface area contributed by atoms with E-state index in [0.717, 1.165) is 19.0 Å². The number of nitrogens with one attached hydrogen (secondary N) is 1. The Morgan fingerprint density at radius 1 is 0.731 bits per heavy atom. The molecular weight excluding hydrogens is 316 g/mol. The average molecular weight is 367 g/mol. The molecule has 3 N–H and O–H groups in total. The number of rotatable bonds is 20. The molecule has 0 spiro atoms. The van der Waals surface area contributed by atoms with Crippen LogP contribution in [0.2, 0.25) is 0 Å². The van der Waals surface area contributed by atoms with Gasteiger partial charge in [-0.2, -0.15) is 0 Å². The minimum atomic E-state index is 0.512. The van der Waals surface area contributed by atoms with E-state index in [1.165, 1.54) is 96.3 Å². The molecule has 0 aromatic rings. The highest BCUT2D eigenvalue weighted by Gasteiger charge is 2.07. The Morgan fingerprint density at radius 2 is 1.23 bits per heavy atom. The van der Waals surface area contributed by atoms with E-state index in [-0.39, 0.29) is 0 Å². The van der Waals surface area contributed by atoms with Crippen LogP contribution in [0, 0.1) is 5.92 Å². The van der Waals surface area contributed by atoms with E-state index in [4.69, 9.17) is 5.73 Å². The number of nitrogens with two attached hydrogens (primary N) is 1. The summed E-state index contributed by atoms with van der Waals surface area (Å²) >= 11 is 0. The maximum absolute atomic E-state index is 5.82. The molecule has 26 heavy (non-hydrogen) atoms. The van der Waals surface area contributed by atoms with Gasteiger partial charge in [0.1, 0.15) is 0 Å². The molecule has 1 atom stereocenters. The van der Waals surface area contributed by atoms with E-state index in [1.54, 1.807) is 0 Å². The Bertz CT molecular complexity index is 286. The van der Waals surface area contributed by atoms with Gasteiger partial charge in [0.15, 0.2) is 0 Å². The van der Waals surface area contributed by atoms with E-state index >= 15 is 0 Å². The quantitative estimate of drug-likeness (QED) is 0.180. The molecule has 0 saturated heterocycles. The van der Waals surface area contributed by atoms with Crippen molar-refractivity contribution in [3.63, 3.8) is 0 Å². The molecule has 2 nitrogen and oxygen atoms in total. The maximum Gasteiger partial charge on any atom is 0.0192 e. The van der Waals surface area contributed by atoms with Gasteiger partial charge >= 0.3 is 0 Å². The van der Waals surface area contributed by atoms with Crippen LogP contribution >= 0.6 is 0 Å². The van der Waals surface area contributed by atoms with Crippen LogP contribution in [0.15, 0.2) is 12.2 Å². The van der Waals surface area contributed by atoms with E-state index in [1.807, 2.05) is 0 Å². The number of unbranched alkanes of at least 4 members (excludes halogenated alkanes) is 12. The first-order chi connectivity index (χ1) is 12.7. The molecule has 0 aliphatic carbocycles. The summed E-state index contributed by atoms with van der Waals surface area (Å²) in [5, 5.41) is 3.62. The van der Waals surface area contributed by atoms with Crippen molar-refractivity contribution in [2.75, 3.05) is 13.1 Å². The van der Waals surface area contributed by atoms with Crippen molar-refractivity contribution in [1.82, 2.24) is 5.32 Å². The van der Waals surface area contributed by atoms with E-state index in [0.29, 0.717) is 6.04 Å². The van der Waals surface area contributed by atoms with Gasteiger partial charge < -0.3 is 11.1 Å². The van der Waals surface area contributed by atoms with Crippen LogP contribution in [0.25, 0.3) is 0 Å². The Kier molecular flexibility index (Phi) is 20.7. The Labute approximate surface area is 165 Å². The summed E-state index contributed by atoms with van der Waals surface area (Å²) < 4.78 is 0. The number of allylic oxidation sites excluding steroid dienone is 2. The third-order valence-corrected chi connectivity index (χ3v) is 5.16. The minimum Gasteiger partial charge on any atom is -0.329 e. The zero-order chi connectivity index (χ0) is 19.3. The zero-order valence-electron chi connectivity index (χ0n) is 18.4. The molecule has 0 unspecified atom stereocenters. The van der Waals surface area contributed by atoms with Crippen LogP contribution in [0.5, 0.6) is 0 Å². The summed E-state index contributed by atoms with van der Waals surface area (Å²) in [6, 6.07) is 0.512. The average Bonchev–Trinajstić information content (AvgIpc) is 2.63. The fraction of sp³-hybridized carbons (Fsp3) is 0.917. The highest BCUT2D eigenvalue weighted by molar-refractivity contribution is 4.81. The van der Waals surface area contributed by atoms with Crippen LogP contribution in [-0.2, 0) is 0 Å². The third kappa shape index (κ3) is 20.0. The molecule has 0 saturated carbocycles. The normalized spacial score (nSPS) is 13.1. The van der Waals surface area contributed by atoms with Gasteiger partial charge in [0.25, 0.3) is 0 Å². The molecule has 0 aromatic carbocycles. The molecule has 0 heterocycles. The van der Waals surface area contributed by atoms with Crippen molar-refractivity contribution in [2.24, 2.45) is 11.7 Å². The second kappa shape index (κ2) is 21.0. The van der Waals surface area contributed by atoms with Crippen molar-refractivity contribution in [1.29, 1.82) is 0 Å². The predicted octanol–water partition coefficient (Wildman–Crippen LogP) is 6.99. The molecule has 2 heteroatoms. The molecule has 0 radical (unpaired) electrons. The van der Waals surface area contributed by atoms with Gasteiger partial charge in [-0.05, 0) is 51.0 Å². The molecule has 156 valence electrons.